The number of aromatic nitrogens is 2. The van der Waals surface area contributed by atoms with Crippen LogP contribution < -0.4 is 10.6 Å². The van der Waals surface area contributed by atoms with Crippen LogP contribution in [0.25, 0.3) is 0 Å². The van der Waals surface area contributed by atoms with E-state index in [0.29, 0.717) is 19.0 Å². The van der Waals surface area contributed by atoms with E-state index in [0.717, 1.165) is 6.54 Å². The van der Waals surface area contributed by atoms with Crippen molar-refractivity contribution in [2.45, 2.75) is 20.8 Å². The summed E-state index contributed by atoms with van der Waals surface area (Å²) in [5.41, 5.74) is 5.54. The Bertz CT molecular complexity index is 404. The summed E-state index contributed by atoms with van der Waals surface area (Å²) < 4.78 is 0. The molecule has 0 atom stereocenters. The molecular weight excluding hydrogens is 234 g/mol. The standard InChI is InChI=1S/C11H19N5O2/c1-4-15(8-11(2,3)7-12)10-13-5-9(6-14-10)16(17)18/h5-6H,4,7-8,12H2,1-3H3. The first kappa shape index (κ1) is 14.3. The van der Waals surface area contributed by atoms with Crippen LogP contribution in [0.4, 0.5) is 11.6 Å². The first-order chi connectivity index (χ1) is 8.39. The summed E-state index contributed by atoms with van der Waals surface area (Å²) in [5, 5.41) is 10.5. The van der Waals surface area contributed by atoms with Crippen molar-refractivity contribution in [2.75, 3.05) is 24.5 Å². The van der Waals surface area contributed by atoms with Crippen LogP contribution in [0, 0.1) is 15.5 Å². The molecular formula is C11H19N5O2. The lowest BCUT2D eigenvalue weighted by Gasteiger charge is -2.30. The third-order valence-electron chi connectivity index (χ3n) is 2.67. The maximum absolute atomic E-state index is 10.5. The fourth-order valence-electron chi connectivity index (χ4n) is 1.48. The molecule has 2 N–H and O–H groups in total. The van der Waals surface area contributed by atoms with Gasteiger partial charge in [0.2, 0.25) is 5.95 Å². The first-order valence-electron chi connectivity index (χ1n) is 5.81. The van der Waals surface area contributed by atoms with Gasteiger partial charge >= 0.3 is 5.69 Å². The topological polar surface area (TPSA) is 98.2 Å². The summed E-state index contributed by atoms with van der Waals surface area (Å²) in [7, 11) is 0. The predicted molar refractivity (Wildman–Crippen MR) is 69.4 cm³/mol. The molecule has 0 aliphatic heterocycles. The Morgan fingerprint density at radius 2 is 2.00 bits per heavy atom. The molecule has 1 rings (SSSR count). The normalized spacial score (nSPS) is 11.3. The van der Waals surface area contributed by atoms with Gasteiger partial charge in [0.25, 0.3) is 0 Å². The molecule has 100 valence electrons. The molecule has 0 spiro atoms. The number of anilines is 1. The van der Waals surface area contributed by atoms with Crippen LogP contribution in [-0.4, -0.2) is 34.5 Å². The quantitative estimate of drug-likeness (QED) is 0.604. The van der Waals surface area contributed by atoms with Crippen LogP contribution in [-0.2, 0) is 0 Å². The van der Waals surface area contributed by atoms with E-state index in [1.807, 2.05) is 11.8 Å². The third kappa shape index (κ3) is 3.63. The molecule has 18 heavy (non-hydrogen) atoms. The van der Waals surface area contributed by atoms with Crippen LogP contribution >= 0.6 is 0 Å². The van der Waals surface area contributed by atoms with Crippen LogP contribution in [0.15, 0.2) is 12.4 Å². The number of nitrogens with two attached hydrogens (primary N) is 1. The Labute approximate surface area is 106 Å². The van der Waals surface area contributed by atoms with Crippen molar-refractivity contribution in [3.8, 4) is 0 Å². The van der Waals surface area contributed by atoms with Gasteiger partial charge in [-0.2, -0.15) is 0 Å². The summed E-state index contributed by atoms with van der Waals surface area (Å²) in [6.07, 6.45) is 2.45. The highest BCUT2D eigenvalue weighted by molar-refractivity contribution is 5.34. The van der Waals surface area contributed by atoms with E-state index in [1.165, 1.54) is 12.4 Å². The minimum absolute atomic E-state index is 0.0544. The number of hydrogen-bond acceptors (Lipinski definition) is 6. The smallest absolute Gasteiger partial charge is 0.305 e. The number of hydrogen-bond donors (Lipinski definition) is 1. The molecule has 0 aliphatic rings. The SMILES string of the molecule is CCN(CC(C)(C)CN)c1ncc([N+](=O)[O-])cn1. The molecule has 0 radical (unpaired) electrons. The molecule has 1 aromatic heterocycles. The summed E-state index contributed by atoms with van der Waals surface area (Å²) in [6, 6.07) is 0. The zero-order chi connectivity index (χ0) is 13.8. The summed E-state index contributed by atoms with van der Waals surface area (Å²) >= 11 is 0. The fraction of sp³-hybridized carbons (Fsp3) is 0.636. The fourth-order valence-corrected chi connectivity index (χ4v) is 1.48. The van der Waals surface area contributed by atoms with Crippen molar-refractivity contribution < 1.29 is 4.92 Å². The largest absolute Gasteiger partial charge is 0.341 e. The van der Waals surface area contributed by atoms with Gasteiger partial charge < -0.3 is 10.6 Å². The second kappa shape index (κ2) is 5.72. The molecule has 0 saturated carbocycles. The van der Waals surface area contributed by atoms with Gasteiger partial charge in [-0.3, -0.25) is 10.1 Å². The van der Waals surface area contributed by atoms with Crippen molar-refractivity contribution in [3.63, 3.8) is 0 Å². The van der Waals surface area contributed by atoms with E-state index in [9.17, 15) is 10.1 Å². The molecule has 0 unspecified atom stereocenters. The second-order valence-electron chi connectivity index (χ2n) is 4.88. The van der Waals surface area contributed by atoms with E-state index in [1.54, 1.807) is 0 Å². The molecule has 7 heteroatoms. The van der Waals surface area contributed by atoms with Gasteiger partial charge in [0, 0.05) is 13.1 Å². The molecule has 1 aromatic rings. The van der Waals surface area contributed by atoms with Crippen LogP contribution in [0.5, 0.6) is 0 Å². The molecule has 0 bridgehead atoms. The van der Waals surface area contributed by atoms with Gasteiger partial charge in [-0.05, 0) is 18.9 Å². The highest BCUT2D eigenvalue weighted by Crippen LogP contribution is 2.19. The average molecular weight is 253 g/mol. The second-order valence-corrected chi connectivity index (χ2v) is 4.88. The molecule has 0 aromatic carbocycles. The lowest BCUT2D eigenvalue weighted by Crippen LogP contribution is -2.39. The van der Waals surface area contributed by atoms with Crippen LogP contribution in [0.2, 0.25) is 0 Å². The first-order valence-corrected chi connectivity index (χ1v) is 5.81. The summed E-state index contributed by atoms with van der Waals surface area (Å²) in [6.45, 7) is 8.08. The highest BCUT2D eigenvalue weighted by Gasteiger charge is 2.21. The van der Waals surface area contributed by atoms with E-state index >= 15 is 0 Å². The van der Waals surface area contributed by atoms with Gasteiger partial charge in [-0.1, -0.05) is 13.8 Å². The average Bonchev–Trinajstić information content (AvgIpc) is 2.36. The third-order valence-corrected chi connectivity index (χ3v) is 2.67. The lowest BCUT2D eigenvalue weighted by atomic mass is 9.93. The molecule has 0 amide bonds. The van der Waals surface area contributed by atoms with Crippen molar-refractivity contribution in [1.29, 1.82) is 0 Å². The van der Waals surface area contributed by atoms with Crippen LogP contribution in [0.3, 0.4) is 0 Å². The zero-order valence-corrected chi connectivity index (χ0v) is 11.0. The lowest BCUT2D eigenvalue weighted by molar-refractivity contribution is -0.385. The maximum atomic E-state index is 10.5. The zero-order valence-electron chi connectivity index (χ0n) is 11.0. The monoisotopic (exact) mass is 253 g/mol. The van der Waals surface area contributed by atoms with Crippen molar-refractivity contribution in [1.82, 2.24) is 9.97 Å². The van der Waals surface area contributed by atoms with E-state index in [2.05, 4.69) is 23.8 Å². The molecule has 0 saturated heterocycles. The Morgan fingerprint density at radius 1 is 1.44 bits per heavy atom. The molecule has 0 aliphatic carbocycles. The highest BCUT2D eigenvalue weighted by atomic mass is 16.6. The molecule has 7 nitrogen and oxygen atoms in total. The van der Waals surface area contributed by atoms with Gasteiger partial charge in [-0.15, -0.1) is 0 Å². The predicted octanol–water partition coefficient (Wildman–Crippen LogP) is 1.20. The van der Waals surface area contributed by atoms with E-state index in [-0.39, 0.29) is 11.1 Å². The van der Waals surface area contributed by atoms with Crippen molar-refractivity contribution in [2.24, 2.45) is 11.1 Å². The molecule has 1 heterocycles. The Kier molecular flexibility index (Phi) is 4.55. The summed E-state index contributed by atoms with van der Waals surface area (Å²) in [5.74, 6) is 0.490. The Balaban J connectivity index is 2.86. The van der Waals surface area contributed by atoms with E-state index in [4.69, 9.17) is 5.73 Å². The number of nitrogens with zero attached hydrogens (tertiary/aromatic N) is 4. The minimum Gasteiger partial charge on any atom is -0.341 e. The maximum Gasteiger partial charge on any atom is 0.305 e. The van der Waals surface area contributed by atoms with Crippen LogP contribution in [0.1, 0.15) is 20.8 Å². The van der Waals surface area contributed by atoms with E-state index < -0.39 is 4.92 Å². The Hall–Kier alpha value is -1.76. The Morgan fingerprint density at radius 3 is 2.39 bits per heavy atom. The molecule has 0 fully saturated rings. The van der Waals surface area contributed by atoms with Crippen molar-refractivity contribution >= 4 is 11.6 Å². The van der Waals surface area contributed by atoms with Crippen molar-refractivity contribution in [3.05, 3.63) is 22.5 Å². The van der Waals surface area contributed by atoms with Gasteiger partial charge in [-0.25, -0.2) is 9.97 Å². The van der Waals surface area contributed by atoms with Gasteiger partial charge in [0.05, 0.1) is 4.92 Å². The minimum atomic E-state index is -0.510. The number of rotatable bonds is 6. The van der Waals surface area contributed by atoms with Gasteiger partial charge in [0.15, 0.2) is 0 Å². The van der Waals surface area contributed by atoms with Gasteiger partial charge in [0.1, 0.15) is 12.4 Å². The number of nitro groups is 1. The summed E-state index contributed by atoms with van der Waals surface area (Å²) in [4.78, 5) is 20.0.